The summed E-state index contributed by atoms with van der Waals surface area (Å²) in [5.74, 6) is -0.0139. The number of sulfone groups is 1. The number of carbonyl (C=O) groups excluding carboxylic acids is 1. The quantitative estimate of drug-likeness (QED) is 0.789. The van der Waals surface area contributed by atoms with Crippen LogP contribution in [0.4, 0.5) is 0 Å². The third kappa shape index (κ3) is 1.72. The summed E-state index contributed by atoms with van der Waals surface area (Å²) in [5, 5.41) is 0. The van der Waals surface area contributed by atoms with Gasteiger partial charge in [-0.05, 0) is 13.3 Å². The van der Waals surface area contributed by atoms with E-state index in [1.54, 1.807) is 6.92 Å². The van der Waals surface area contributed by atoms with E-state index in [0.717, 1.165) is 12.8 Å². The molecule has 0 aliphatic carbocycles. The van der Waals surface area contributed by atoms with Crippen LogP contribution in [0.15, 0.2) is 10.7 Å². The Bertz CT molecular complexity index is 582. The smallest absolute Gasteiger partial charge is 0.195 e. The third-order valence-electron chi connectivity index (χ3n) is 3.76. The van der Waals surface area contributed by atoms with Gasteiger partial charge in [-0.15, -0.1) is 0 Å². The molecule has 0 amide bonds. The second-order valence-electron chi connectivity index (χ2n) is 5.11. The highest BCUT2D eigenvalue weighted by Gasteiger charge is 2.50. The fourth-order valence-electron chi connectivity index (χ4n) is 2.65. The van der Waals surface area contributed by atoms with Gasteiger partial charge in [0.1, 0.15) is 0 Å². The van der Waals surface area contributed by atoms with Gasteiger partial charge < -0.3 is 4.42 Å². The van der Waals surface area contributed by atoms with Gasteiger partial charge in [0, 0.05) is 18.1 Å². The minimum Gasteiger partial charge on any atom is -0.461 e. The summed E-state index contributed by atoms with van der Waals surface area (Å²) in [7, 11) is -3.24. The summed E-state index contributed by atoms with van der Waals surface area (Å²) in [6, 6.07) is 0. The molecule has 1 aromatic rings. The Balaban J connectivity index is 2.59. The molecular weight excluding hydrogens is 252 g/mol. The van der Waals surface area contributed by atoms with Crippen molar-refractivity contribution in [3.63, 3.8) is 0 Å². The Morgan fingerprint density at radius 3 is 2.72 bits per heavy atom. The number of unbranched alkanes of at least 4 members (excludes halogenated alkanes) is 1. The number of ketones is 1. The predicted octanol–water partition coefficient (Wildman–Crippen LogP) is 2.82. The van der Waals surface area contributed by atoms with Crippen molar-refractivity contribution in [1.29, 1.82) is 0 Å². The van der Waals surface area contributed by atoms with Gasteiger partial charge in [-0.2, -0.15) is 0 Å². The summed E-state index contributed by atoms with van der Waals surface area (Å²) in [6.07, 6.45) is 3.70. The lowest BCUT2D eigenvalue weighted by molar-refractivity contribution is 0.0985. The summed E-state index contributed by atoms with van der Waals surface area (Å²) < 4.78 is 28.9. The molecule has 2 rings (SSSR count). The van der Waals surface area contributed by atoms with Gasteiger partial charge in [0.05, 0.1) is 16.8 Å². The van der Waals surface area contributed by atoms with E-state index in [0.29, 0.717) is 17.5 Å². The summed E-state index contributed by atoms with van der Waals surface area (Å²) in [4.78, 5) is 11.6. The lowest BCUT2D eigenvalue weighted by Crippen LogP contribution is -2.29. The highest BCUT2D eigenvalue weighted by Crippen LogP contribution is 2.47. The van der Waals surface area contributed by atoms with Crippen molar-refractivity contribution in [3.8, 4) is 0 Å². The van der Waals surface area contributed by atoms with E-state index in [1.165, 1.54) is 13.2 Å². The highest BCUT2D eigenvalue weighted by atomic mass is 32.2. The largest absolute Gasteiger partial charge is 0.461 e. The van der Waals surface area contributed by atoms with Crippen LogP contribution in [0.2, 0.25) is 0 Å². The minimum atomic E-state index is -3.24. The molecule has 0 fully saturated rings. The highest BCUT2D eigenvalue weighted by molar-refractivity contribution is 7.91. The van der Waals surface area contributed by atoms with Crippen LogP contribution in [0.5, 0.6) is 0 Å². The second kappa shape index (κ2) is 4.23. The van der Waals surface area contributed by atoms with Gasteiger partial charge in [-0.1, -0.05) is 19.8 Å². The molecule has 4 nitrogen and oxygen atoms in total. The molecule has 1 aliphatic rings. The number of hydrogen-bond acceptors (Lipinski definition) is 4. The van der Waals surface area contributed by atoms with Crippen LogP contribution in [-0.4, -0.2) is 14.2 Å². The number of furan rings is 1. The summed E-state index contributed by atoms with van der Waals surface area (Å²) in [5.41, 5.74) is 1.25. The molecule has 18 heavy (non-hydrogen) atoms. The fraction of sp³-hybridized carbons (Fsp3) is 0.615. The predicted molar refractivity (Wildman–Crippen MR) is 68.2 cm³/mol. The Morgan fingerprint density at radius 1 is 1.50 bits per heavy atom. The standard InChI is InChI=1S/C13H18O4S/c1-4-5-6-13(3)11-10(8-18(13,15)16)7-17-12(11)9(2)14/h7H,4-6,8H2,1-3H3. The van der Waals surface area contributed by atoms with Crippen LogP contribution in [0, 0.1) is 0 Å². The van der Waals surface area contributed by atoms with E-state index in [1.807, 2.05) is 6.92 Å². The maximum Gasteiger partial charge on any atom is 0.195 e. The minimum absolute atomic E-state index is 0.0146. The molecule has 1 aliphatic heterocycles. The van der Waals surface area contributed by atoms with Crippen molar-refractivity contribution in [3.05, 3.63) is 23.2 Å². The first-order valence-electron chi connectivity index (χ1n) is 6.17. The van der Waals surface area contributed by atoms with Gasteiger partial charge >= 0.3 is 0 Å². The third-order valence-corrected chi connectivity index (χ3v) is 6.23. The van der Waals surface area contributed by atoms with Crippen LogP contribution >= 0.6 is 0 Å². The number of fused-ring (bicyclic) bond motifs is 1. The van der Waals surface area contributed by atoms with Crippen molar-refractivity contribution in [2.75, 3.05) is 0 Å². The Morgan fingerprint density at radius 2 is 2.17 bits per heavy atom. The monoisotopic (exact) mass is 270 g/mol. The molecular formula is C13H18O4S. The molecule has 0 saturated heterocycles. The maximum absolute atomic E-state index is 12.3. The van der Waals surface area contributed by atoms with Gasteiger partial charge in [0.2, 0.25) is 0 Å². The number of rotatable bonds is 4. The van der Waals surface area contributed by atoms with Crippen LogP contribution in [-0.2, 0) is 20.3 Å². The zero-order valence-electron chi connectivity index (χ0n) is 10.9. The van der Waals surface area contributed by atoms with Crippen molar-refractivity contribution in [2.45, 2.75) is 50.5 Å². The summed E-state index contributed by atoms with van der Waals surface area (Å²) >= 11 is 0. The Kier molecular flexibility index (Phi) is 3.13. The summed E-state index contributed by atoms with van der Waals surface area (Å²) in [6.45, 7) is 5.14. The first kappa shape index (κ1) is 13.3. The molecule has 1 unspecified atom stereocenters. The molecule has 5 heteroatoms. The SMILES string of the molecule is CCCCC1(C)c2c(coc2C(C)=O)CS1(=O)=O. The van der Waals surface area contributed by atoms with E-state index in [2.05, 4.69) is 0 Å². The van der Waals surface area contributed by atoms with E-state index in [4.69, 9.17) is 4.42 Å². The number of hydrogen-bond donors (Lipinski definition) is 0. The zero-order valence-corrected chi connectivity index (χ0v) is 11.8. The van der Waals surface area contributed by atoms with E-state index >= 15 is 0 Å². The molecule has 0 radical (unpaired) electrons. The molecule has 0 N–H and O–H groups in total. The first-order chi connectivity index (χ1) is 8.33. The maximum atomic E-state index is 12.3. The Hall–Kier alpha value is -1.10. The molecule has 0 spiro atoms. The van der Waals surface area contributed by atoms with Crippen LogP contribution in [0.1, 0.15) is 61.7 Å². The second-order valence-corrected chi connectivity index (χ2v) is 7.53. The van der Waals surface area contributed by atoms with Gasteiger partial charge in [0.15, 0.2) is 21.4 Å². The average molecular weight is 270 g/mol. The van der Waals surface area contributed by atoms with E-state index in [9.17, 15) is 13.2 Å². The normalized spacial score (nSPS) is 25.1. The molecule has 2 heterocycles. The lowest BCUT2D eigenvalue weighted by Gasteiger charge is -2.24. The molecule has 0 saturated carbocycles. The van der Waals surface area contributed by atoms with Crippen molar-refractivity contribution in [2.24, 2.45) is 0 Å². The van der Waals surface area contributed by atoms with E-state index in [-0.39, 0.29) is 17.3 Å². The average Bonchev–Trinajstić information content (AvgIpc) is 2.75. The van der Waals surface area contributed by atoms with Crippen LogP contribution in [0.25, 0.3) is 0 Å². The van der Waals surface area contributed by atoms with E-state index < -0.39 is 14.6 Å². The molecule has 1 atom stereocenters. The lowest BCUT2D eigenvalue weighted by atomic mass is 9.91. The van der Waals surface area contributed by atoms with Crippen molar-refractivity contribution < 1.29 is 17.6 Å². The van der Waals surface area contributed by atoms with Gasteiger partial charge in [-0.25, -0.2) is 8.42 Å². The van der Waals surface area contributed by atoms with Crippen molar-refractivity contribution >= 4 is 15.6 Å². The molecule has 0 bridgehead atoms. The molecule has 1 aromatic heterocycles. The topological polar surface area (TPSA) is 64.3 Å². The van der Waals surface area contributed by atoms with Gasteiger partial charge in [-0.3, -0.25) is 4.79 Å². The van der Waals surface area contributed by atoms with Gasteiger partial charge in [0.25, 0.3) is 0 Å². The zero-order chi connectivity index (χ0) is 13.6. The van der Waals surface area contributed by atoms with Crippen LogP contribution < -0.4 is 0 Å². The molecule has 100 valence electrons. The molecule has 0 aromatic carbocycles. The fourth-order valence-corrected chi connectivity index (χ4v) is 4.58. The number of carbonyl (C=O) groups is 1. The number of Topliss-reactive ketones (excluding diaryl/α,β-unsaturated/α-hetero) is 1. The Labute approximate surface area is 107 Å². The van der Waals surface area contributed by atoms with Crippen LogP contribution in [0.3, 0.4) is 0 Å². The first-order valence-corrected chi connectivity index (χ1v) is 7.83. The van der Waals surface area contributed by atoms with Crippen molar-refractivity contribution in [1.82, 2.24) is 0 Å².